The van der Waals surface area contributed by atoms with E-state index in [1.54, 1.807) is 7.11 Å². The maximum atomic E-state index is 5.65. The van der Waals surface area contributed by atoms with Crippen molar-refractivity contribution in [3.63, 3.8) is 0 Å². The van der Waals surface area contributed by atoms with Gasteiger partial charge in [-0.05, 0) is 40.4 Å². The van der Waals surface area contributed by atoms with Gasteiger partial charge >= 0.3 is 0 Å². The van der Waals surface area contributed by atoms with Crippen molar-refractivity contribution in [2.45, 2.75) is 0 Å². The van der Waals surface area contributed by atoms with Crippen LogP contribution in [0.3, 0.4) is 0 Å². The van der Waals surface area contributed by atoms with Gasteiger partial charge in [-0.1, -0.05) is 115 Å². The number of fused-ring (bicyclic) bond motifs is 12. The van der Waals surface area contributed by atoms with Gasteiger partial charge in [0, 0.05) is 53.5 Å². The summed E-state index contributed by atoms with van der Waals surface area (Å²) in [5.74, 6) is 2.40. The first-order valence-electron chi connectivity index (χ1n) is 16.0. The molecule has 226 valence electrons. The van der Waals surface area contributed by atoms with Crippen LogP contribution < -0.4 is 4.74 Å². The van der Waals surface area contributed by atoms with E-state index in [4.69, 9.17) is 14.7 Å². The Labute approximate surface area is 280 Å². The van der Waals surface area contributed by atoms with Crippen molar-refractivity contribution in [1.82, 2.24) is 14.5 Å². The zero-order valence-corrected chi connectivity index (χ0v) is 26.8. The summed E-state index contributed by atoms with van der Waals surface area (Å²) in [6, 6.07) is 51.4. The van der Waals surface area contributed by atoms with Gasteiger partial charge in [0.15, 0.2) is 5.82 Å². The molecule has 0 N–H and O–H groups in total. The number of methoxy groups -OCH3 is 1. The van der Waals surface area contributed by atoms with Crippen LogP contribution in [0.1, 0.15) is 0 Å². The number of hydrogen-bond donors (Lipinski definition) is 0. The van der Waals surface area contributed by atoms with Crippen LogP contribution in [0.25, 0.3) is 92.0 Å². The third-order valence-corrected chi connectivity index (χ3v) is 10.7. The first kappa shape index (κ1) is 27.1. The summed E-state index contributed by atoms with van der Waals surface area (Å²) < 4.78 is 10.5. The standard InChI is InChI=1S/C43H27N3OS/c1-47-28-20-23-37-34(24-28)33-21-22-36-40(42(33)48-37)39-31-18-10-8-16-29(31)30-17-9-11-19-32(30)41(39)46(36)38-25-35(26-12-4-2-5-13-26)44-43(45-38)27-14-6-3-7-15-27/h2-25H,1H3. The molecule has 0 aliphatic rings. The Morgan fingerprint density at radius 3 is 1.96 bits per heavy atom. The second-order valence-corrected chi connectivity index (χ2v) is 13.2. The maximum Gasteiger partial charge on any atom is 0.162 e. The molecule has 5 heteroatoms. The number of benzene rings is 7. The van der Waals surface area contributed by atoms with E-state index < -0.39 is 0 Å². The smallest absolute Gasteiger partial charge is 0.162 e. The Morgan fingerprint density at radius 2 is 1.21 bits per heavy atom. The number of hydrogen-bond acceptors (Lipinski definition) is 4. The lowest BCUT2D eigenvalue weighted by Crippen LogP contribution is -2.03. The van der Waals surface area contributed by atoms with Gasteiger partial charge in [-0.3, -0.25) is 4.57 Å². The Hall–Kier alpha value is -6.04. The molecule has 48 heavy (non-hydrogen) atoms. The van der Waals surface area contributed by atoms with Crippen molar-refractivity contribution in [2.24, 2.45) is 0 Å². The number of aromatic nitrogens is 3. The minimum absolute atomic E-state index is 0.696. The second-order valence-electron chi connectivity index (χ2n) is 12.1. The zero-order chi connectivity index (χ0) is 31.8. The van der Waals surface area contributed by atoms with Crippen molar-refractivity contribution in [1.29, 1.82) is 0 Å². The van der Waals surface area contributed by atoms with Gasteiger partial charge in [0.25, 0.3) is 0 Å². The van der Waals surface area contributed by atoms with Crippen LogP contribution in [0, 0.1) is 0 Å². The van der Waals surface area contributed by atoms with E-state index in [-0.39, 0.29) is 0 Å². The fourth-order valence-corrected chi connectivity index (χ4v) is 8.58. The largest absolute Gasteiger partial charge is 0.497 e. The molecule has 0 radical (unpaired) electrons. The predicted octanol–water partition coefficient (Wildman–Crippen LogP) is 11.6. The summed E-state index contributed by atoms with van der Waals surface area (Å²) in [4.78, 5) is 10.5. The molecule has 0 saturated carbocycles. The highest BCUT2D eigenvalue weighted by Gasteiger charge is 2.23. The number of thiophene rings is 1. The third-order valence-electron chi connectivity index (χ3n) is 9.49. The molecule has 0 saturated heterocycles. The van der Waals surface area contributed by atoms with Crippen LogP contribution >= 0.6 is 11.3 Å². The zero-order valence-electron chi connectivity index (χ0n) is 26.0. The Kier molecular flexibility index (Phi) is 5.92. The predicted molar refractivity (Wildman–Crippen MR) is 202 cm³/mol. The van der Waals surface area contributed by atoms with Crippen molar-refractivity contribution >= 4 is 74.9 Å². The summed E-state index contributed by atoms with van der Waals surface area (Å²) in [6.45, 7) is 0. The fourth-order valence-electron chi connectivity index (χ4n) is 7.35. The van der Waals surface area contributed by atoms with Gasteiger partial charge in [0.2, 0.25) is 0 Å². The van der Waals surface area contributed by atoms with E-state index in [0.29, 0.717) is 5.82 Å². The lowest BCUT2D eigenvalue weighted by Gasteiger charge is -2.14. The molecule has 4 nitrogen and oxygen atoms in total. The Bertz CT molecular complexity index is 2810. The molecular formula is C43H27N3OS. The van der Waals surface area contributed by atoms with Crippen molar-refractivity contribution in [3.05, 3.63) is 146 Å². The SMILES string of the molecule is COc1ccc2sc3c(ccc4c3c3c5ccccc5c5ccccc5c3n4-c3cc(-c4ccccc4)nc(-c4ccccc4)n3)c2c1. The summed E-state index contributed by atoms with van der Waals surface area (Å²) in [6.07, 6.45) is 0. The van der Waals surface area contributed by atoms with E-state index in [9.17, 15) is 0 Å². The van der Waals surface area contributed by atoms with Crippen LogP contribution in [-0.2, 0) is 0 Å². The van der Waals surface area contributed by atoms with Crippen molar-refractivity contribution in [2.75, 3.05) is 7.11 Å². The monoisotopic (exact) mass is 633 g/mol. The molecule has 3 aromatic heterocycles. The minimum Gasteiger partial charge on any atom is -0.497 e. The summed E-state index contributed by atoms with van der Waals surface area (Å²) in [5, 5.41) is 9.82. The van der Waals surface area contributed by atoms with E-state index in [0.717, 1.165) is 39.4 Å². The topological polar surface area (TPSA) is 39.9 Å². The summed E-state index contributed by atoms with van der Waals surface area (Å²) in [7, 11) is 1.73. The molecular weight excluding hydrogens is 607 g/mol. The molecule has 0 aliphatic heterocycles. The van der Waals surface area contributed by atoms with Crippen molar-refractivity contribution in [3.8, 4) is 34.2 Å². The molecule has 10 aromatic rings. The van der Waals surface area contributed by atoms with Crippen LogP contribution in [0.5, 0.6) is 5.75 Å². The lowest BCUT2D eigenvalue weighted by atomic mass is 9.96. The van der Waals surface area contributed by atoms with Crippen LogP contribution in [0.2, 0.25) is 0 Å². The first-order valence-corrected chi connectivity index (χ1v) is 16.9. The molecule has 0 spiro atoms. The van der Waals surface area contributed by atoms with Gasteiger partial charge < -0.3 is 4.74 Å². The molecule has 0 fully saturated rings. The van der Waals surface area contributed by atoms with Crippen LogP contribution in [0.4, 0.5) is 0 Å². The molecule has 7 aromatic carbocycles. The normalized spacial score (nSPS) is 11.9. The minimum atomic E-state index is 0.696. The Morgan fingerprint density at radius 1 is 0.542 bits per heavy atom. The molecule has 10 rings (SSSR count). The van der Waals surface area contributed by atoms with E-state index >= 15 is 0 Å². The first-order chi connectivity index (χ1) is 23.8. The molecule has 0 atom stereocenters. The van der Waals surface area contributed by atoms with E-state index in [1.807, 2.05) is 35.6 Å². The average molecular weight is 634 g/mol. The fraction of sp³-hybridized carbons (Fsp3) is 0.0233. The number of nitrogens with zero attached hydrogens (tertiary/aromatic N) is 3. The highest BCUT2D eigenvalue weighted by atomic mass is 32.1. The number of rotatable bonds is 4. The van der Waals surface area contributed by atoms with Gasteiger partial charge in [0.05, 0.1) is 23.8 Å². The quantitative estimate of drug-likeness (QED) is 0.181. The maximum absolute atomic E-state index is 5.65. The van der Waals surface area contributed by atoms with Gasteiger partial charge in [-0.15, -0.1) is 11.3 Å². The van der Waals surface area contributed by atoms with Gasteiger partial charge in [-0.25, -0.2) is 9.97 Å². The lowest BCUT2D eigenvalue weighted by molar-refractivity contribution is 0.415. The molecule has 0 aliphatic carbocycles. The van der Waals surface area contributed by atoms with Crippen molar-refractivity contribution < 1.29 is 4.74 Å². The molecule has 0 bridgehead atoms. The average Bonchev–Trinajstić information content (AvgIpc) is 3.71. The molecule has 0 amide bonds. The highest BCUT2D eigenvalue weighted by Crippen LogP contribution is 2.48. The highest BCUT2D eigenvalue weighted by molar-refractivity contribution is 7.26. The molecule has 0 unspecified atom stereocenters. The molecule has 3 heterocycles. The van der Waals surface area contributed by atoms with Crippen LogP contribution in [-0.4, -0.2) is 21.6 Å². The summed E-state index contributed by atoms with van der Waals surface area (Å²) in [5.41, 5.74) is 5.19. The van der Waals surface area contributed by atoms with Gasteiger partial charge in [0.1, 0.15) is 11.6 Å². The second kappa shape index (κ2) is 10.5. The van der Waals surface area contributed by atoms with E-state index in [2.05, 4.69) is 126 Å². The third kappa shape index (κ3) is 3.95. The van der Waals surface area contributed by atoms with Crippen LogP contribution in [0.15, 0.2) is 146 Å². The van der Waals surface area contributed by atoms with Gasteiger partial charge in [-0.2, -0.15) is 0 Å². The van der Waals surface area contributed by atoms with E-state index in [1.165, 1.54) is 52.5 Å². The Balaban J connectivity index is 1.43. The summed E-state index contributed by atoms with van der Waals surface area (Å²) >= 11 is 1.85. The number of ether oxygens (including phenoxy) is 1.